The molecule has 2 aromatic heterocycles. The van der Waals surface area contributed by atoms with E-state index < -0.39 is 0 Å². The third-order valence-electron chi connectivity index (χ3n) is 14.1. The molecule has 2 heterocycles. The summed E-state index contributed by atoms with van der Waals surface area (Å²) < 4.78 is 14.0. The molecule has 0 radical (unpaired) electrons. The Labute approximate surface area is 392 Å². The smallest absolute Gasteiger partial charge is 0.144 e. The Kier molecular flexibility index (Phi) is 8.62. The van der Waals surface area contributed by atoms with Crippen LogP contribution >= 0.6 is 0 Å². The van der Waals surface area contributed by atoms with Crippen LogP contribution in [-0.4, -0.2) is 0 Å². The fraction of sp³-hybridized carbons (Fsp3) is 0. The summed E-state index contributed by atoms with van der Waals surface area (Å²) in [6.07, 6.45) is 0. The highest BCUT2D eigenvalue weighted by molar-refractivity contribution is 6.28. The molecule has 0 amide bonds. The van der Waals surface area contributed by atoms with Crippen LogP contribution in [0, 0.1) is 0 Å². The van der Waals surface area contributed by atoms with Crippen LogP contribution in [0.4, 0.5) is 0 Å². The third-order valence-corrected chi connectivity index (χ3v) is 14.1. The van der Waals surface area contributed by atoms with Gasteiger partial charge in [-0.1, -0.05) is 231 Å². The number of hydrogen-bond donors (Lipinski definition) is 0. The zero-order chi connectivity index (χ0) is 44.7. The average Bonchev–Trinajstić information content (AvgIpc) is 3.99. The van der Waals surface area contributed by atoms with E-state index in [9.17, 15) is 0 Å². The summed E-state index contributed by atoms with van der Waals surface area (Å²) in [6.45, 7) is 0. The molecule has 0 unspecified atom stereocenters. The van der Waals surface area contributed by atoms with E-state index in [0.717, 1.165) is 88.4 Å². The van der Waals surface area contributed by atoms with E-state index >= 15 is 0 Å². The molecule has 14 aromatic rings. The number of fused-ring (bicyclic) bond motifs is 7. The summed E-state index contributed by atoms with van der Waals surface area (Å²) in [4.78, 5) is 0. The maximum atomic E-state index is 6.98. The van der Waals surface area contributed by atoms with Crippen molar-refractivity contribution in [2.45, 2.75) is 0 Å². The van der Waals surface area contributed by atoms with Crippen molar-refractivity contribution in [3.05, 3.63) is 243 Å². The topological polar surface area (TPSA) is 26.3 Å². The van der Waals surface area contributed by atoms with Crippen LogP contribution in [0.2, 0.25) is 0 Å². The normalized spacial score (nSPS) is 11.8. The maximum Gasteiger partial charge on any atom is 0.144 e. The molecule has 0 spiro atoms. The van der Waals surface area contributed by atoms with Crippen LogP contribution < -0.4 is 0 Å². The number of furan rings is 2. The van der Waals surface area contributed by atoms with Gasteiger partial charge < -0.3 is 8.83 Å². The SMILES string of the molecule is c1ccc(-c2c(-c3c4ccccc4c(-c4ccc(-c5c6ccccc6c(-c6oc7ccccc7c6-c6ccccc6)c6ccccc56)c5ccccc45)c4ccccc34)oc3ccccc23)cc1. The first kappa shape index (κ1) is 38.3. The molecule has 316 valence electrons. The molecule has 0 fully saturated rings. The van der Waals surface area contributed by atoms with Crippen LogP contribution in [0.5, 0.6) is 0 Å². The molecule has 0 saturated heterocycles. The highest BCUT2D eigenvalue weighted by Crippen LogP contribution is 2.53. The van der Waals surface area contributed by atoms with Gasteiger partial charge in [0.05, 0.1) is 0 Å². The van der Waals surface area contributed by atoms with Gasteiger partial charge in [-0.2, -0.15) is 0 Å². The van der Waals surface area contributed by atoms with E-state index in [0.29, 0.717) is 0 Å². The van der Waals surface area contributed by atoms with Gasteiger partial charge in [-0.05, 0) is 99.4 Å². The largest absolute Gasteiger partial charge is 0.455 e. The van der Waals surface area contributed by atoms with Gasteiger partial charge >= 0.3 is 0 Å². The molecular weight excluding hydrogens is 825 g/mol. The second kappa shape index (κ2) is 15.3. The molecule has 0 bridgehead atoms. The van der Waals surface area contributed by atoms with Gasteiger partial charge in [0.15, 0.2) is 0 Å². The molecular formula is C66H40O2. The standard InChI is InChI=1S/C66H40O2/c1-3-21-41(22-4-1)59-55-35-17-19-37-57(55)67-65(59)63-49-31-13-9-27-45(49)61(46-28-10-14-32-50(46)63)53-39-40-54(44-26-8-7-25-43(44)53)62-47-29-11-15-33-51(47)64(52-34-16-12-30-48(52)62)66-60(42-23-5-2-6-24-42)56-36-18-20-38-58(56)68-66/h1-40H. The minimum Gasteiger partial charge on any atom is -0.455 e. The summed E-state index contributed by atoms with van der Waals surface area (Å²) in [5, 5.41) is 13.9. The average molecular weight is 865 g/mol. The van der Waals surface area contributed by atoms with Crippen LogP contribution in [0.25, 0.3) is 143 Å². The lowest BCUT2D eigenvalue weighted by Crippen LogP contribution is -1.94. The summed E-state index contributed by atoms with van der Waals surface area (Å²) in [5.74, 6) is 1.77. The zero-order valence-electron chi connectivity index (χ0n) is 36.9. The van der Waals surface area contributed by atoms with E-state index in [4.69, 9.17) is 8.83 Å². The van der Waals surface area contributed by atoms with Crippen molar-refractivity contribution in [1.29, 1.82) is 0 Å². The molecule has 68 heavy (non-hydrogen) atoms. The van der Waals surface area contributed by atoms with Crippen LogP contribution in [0.15, 0.2) is 251 Å². The first-order valence-electron chi connectivity index (χ1n) is 23.3. The van der Waals surface area contributed by atoms with Crippen molar-refractivity contribution < 1.29 is 8.83 Å². The van der Waals surface area contributed by atoms with Gasteiger partial charge in [-0.25, -0.2) is 0 Å². The summed E-state index contributed by atoms with van der Waals surface area (Å²) in [7, 11) is 0. The van der Waals surface area contributed by atoms with Crippen LogP contribution in [0.3, 0.4) is 0 Å². The third kappa shape index (κ3) is 5.71. The first-order chi connectivity index (χ1) is 33.8. The Morgan fingerprint density at radius 3 is 0.750 bits per heavy atom. The Morgan fingerprint density at radius 2 is 0.426 bits per heavy atom. The highest BCUT2D eigenvalue weighted by atomic mass is 16.3. The lowest BCUT2D eigenvalue weighted by molar-refractivity contribution is 0.633. The van der Waals surface area contributed by atoms with Crippen molar-refractivity contribution >= 4 is 75.8 Å². The summed E-state index contributed by atoms with van der Waals surface area (Å²) in [6, 6.07) is 87.4. The number of benzene rings is 12. The predicted octanol–water partition coefficient (Wildman–Crippen LogP) is 18.9. The second-order valence-corrected chi connectivity index (χ2v) is 17.7. The van der Waals surface area contributed by atoms with Crippen molar-refractivity contribution in [1.82, 2.24) is 0 Å². The Bertz CT molecular complexity index is 3910. The zero-order valence-corrected chi connectivity index (χ0v) is 36.9. The number of rotatable bonds is 6. The molecule has 0 aliphatic rings. The number of hydrogen-bond acceptors (Lipinski definition) is 2. The van der Waals surface area contributed by atoms with Gasteiger partial charge in [-0.3, -0.25) is 0 Å². The van der Waals surface area contributed by atoms with Crippen molar-refractivity contribution in [2.75, 3.05) is 0 Å². The molecule has 12 aromatic carbocycles. The van der Waals surface area contributed by atoms with Crippen LogP contribution in [-0.2, 0) is 0 Å². The fourth-order valence-electron chi connectivity index (χ4n) is 11.3. The van der Waals surface area contributed by atoms with Gasteiger partial charge in [-0.15, -0.1) is 0 Å². The van der Waals surface area contributed by atoms with Gasteiger partial charge in [0, 0.05) is 33.0 Å². The van der Waals surface area contributed by atoms with E-state index in [1.807, 2.05) is 0 Å². The van der Waals surface area contributed by atoms with E-state index in [2.05, 4.69) is 243 Å². The Morgan fingerprint density at radius 1 is 0.176 bits per heavy atom. The highest BCUT2D eigenvalue weighted by Gasteiger charge is 2.27. The van der Waals surface area contributed by atoms with E-state index in [-0.39, 0.29) is 0 Å². The summed E-state index contributed by atoms with van der Waals surface area (Å²) >= 11 is 0. The lowest BCUT2D eigenvalue weighted by Gasteiger charge is -2.21. The summed E-state index contributed by atoms with van der Waals surface area (Å²) in [5.41, 5.74) is 13.3. The minimum absolute atomic E-state index is 0.877. The molecule has 0 aliphatic heterocycles. The minimum atomic E-state index is 0.877. The van der Waals surface area contributed by atoms with Gasteiger partial charge in [0.1, 0.15) is 22.7 Å². The van der Waals surface area contributed by atoms with Crippen molar-refractivity contribution in [3.8, 4) is 67.2 Å². The molecule has 0 aliphatic carbocycles. The molecule has 0 atom stereocenters. The fourth-order valence-corrected chi connectivity index (χ4v) is 11.3. The van der Waals surface area contributed by atoms with Crippen molar-refractivity contribution in [2.24, 2.45) is 0 Å². The molecule has 2 heteroatoms. The monoisotopic (exact) mass is 864 g/mol. The first-order valence-corrected chi connectivity index (χ1v) is 23.3. The molecule has 14 rings (SSSR count). The molecule has 0 N–H and O–H groups in total. The molecule has 0 saturated carbocycles. The Hall–Kier alpha value is -8.98. The van der Waals surface area contributed by atoms with E-state index in [1.165, 1.54) is 54.6 Å². The molecule has 2 nitrogen and oxygen atoms in total. The quantitative estimate of drug-likeness (QED) is 0.156. The number of para-hydroxylation sites is 2. The maximum absolute atomic E-state index is 6.98. The second-order valence-electron chi connectivity index (χ2n) is 17.7. The van der Waals surface area contributed by atoms with Crippen molar-refractivity contribution in [3.63, 3.8) is 0 Å². The Balaban J connectivity index is 1.04. The van der Waals surface area contributed by atoms with Crippen LogP contribution in [0.1, 0.15) is 0 Å². The van der Waals surface area contributed by atoms with Gasteiger partial charge in [0.2, 0.25) is 0 Å². The van der Waals surface area contributed by atoms with E-state index in [1.54, 1.807) is 0 Å². The predicted molar refractivity (Wildman–Crippen MR) is 286 cm³/mol. The van der Waals surface area contributed by atoms with Gasteiger partial charge in [0.25, 0.3) is 0 Å². The lowest BCUT2D eigenvalue weighted by atomic mass is 9.82.